The molecule has 158 valence electrons. The molecule has 28 heavy (non-hydrogen) atoms. The molecule has 1 aromatic rings. The second-order valence-corrected chi connectivity index (χ2v) is 7.63. The molecule has 0 bridgehead atoms. The quantitative estimate of drug-likeness (QED) is 0.344. The van der Waals surface area contributed by atoms with Crippen LogP contribution in [0.5, 0.6) is 0 Å². The Morgan fingerprint density at radius 3 is 2.79 bits per heavy atom. The van der Waals surface area contributed by atoms with Gasteiger partial charge in [-0.05, 0) is 44.9 Å². The minimum Gasteiger partial charge on any atom is -0.385 e. The topological polar surface area (TPSA) is 52.1 Å². The van der Waals surface area contributed by atoms with E-state index < -0.39 is 0 Å². The van der Waals surface area contributed by atoms with Crippen molar-refractivity contribution >= 4 is 5.96 Å². The molecule has 0 saturated carbocycles. The lowest BCUT2D eigenvalue weighted by Gasteiger charge is -2.33. The average molecular weight is 390 g/mol. The lowest BCUT2D eigenvalue weighted by molar-refractivity contribution is 0.180. The first-order chi connectivity index (χ1) is 13.6. The Balaban J connectivity index is 1.76. The summed E-state index contributed by atoms with van der Waals surface area (Å²) in [6.45, 7) is 12.0. The molecule has 2 rings (SSSR count). The zero-order valence-corrected chi connectivity index (χ0v) is 18.2. The molecule has 1 heterocycles. The molecule has 0 fully saturated rings. The van der Waals surface area contributed by atoms with Crippen molar-refractivity contribution < 1.29 is 4.74 Å². The second-order valence-electron chi connectivity index (χ2n) is 7.63. The van der Waals surface area contributed by atoms with E-state index in [1.54, 1.807) is 7.11 Å². The van der Waals surface area contributed by atoms with E-state index in [9.17, 15) is 0 Å². The zero-order chi connectivity index (χ0) is 20.2. The van der Waals surface area contributed by atoms with Gasteiger partial charge in [0.05, 0.1) is 6.54 Å². The fourth-order valence-electron chi connectivity index (χ4n) is 3.53. The monoisotopic (exact) mass is 389 g/mol. The van der Waals surface area contributed by atoms with E-state index in [1.165, 1.54) is 11.1 Å². The number of nitrogens with zero attached hydrogens (tertiary/aromatic N) is 3. The predicted molar refractivity (Wildman–Crippen MR) is 118 cm³/mol. The molecule has 1 aromatic carbocycles. The number of aliphatic imine (C=N–C) groups is 1. The van der Waals surface area contributed by atoms with Crippen molar-refractivity contribution in [1.29, 1.82) is 0 Å². The summed E-state index contributed by atoms with van der Waals surface area (Å²) in [5.74, 6) is 0.914. The maximum Gasteiger partial charge on any atom is 0.191 e. The number of hydrogen-bond acceptors (Lipinski definition) is 4. The molecule has 0 amide bonds. The summed E-state index contributed by atoms with van der Waals surface area (Å²) in [5, 5.41) is 6.83. The number of guanidine groups is 1. The van der Waals surface area contributed by atoms with Crippen molar-refractivity contribution in [3.8, 4) is 0 Å². The molecule has 0 spiro atoms. The molecule has 1 unspecified atom stereocenters. The van der Waals surface area contributed by atoms with Crippen LogP contribution in [0.4, 0.5) is 0 Å². The highest BCUT2D eigenvalue weighted by Gasteiger charge is 2.20. The summed E-state index contributed by atoms with van der Waals surface area (Å²) in [4.78, 5) is 9.69. The highest BCUT2D eigenvalue weighted by molar-refractivity contribution is 5.79. The van der Waals surface area contributed by atoms with Gasteiger partial charge >= 0.3 is 0 Å². The van der Waals surface area contributed by atoms with Crippen molar-refractivity contribution in [1.82, 2.24) is 20.4 Å². The Bertz CT molecular complexity index is 592. The van der Waals surface area contributed by atoms with Gasteiger partial charge in [-0.25, -0.2) is 0 Å². The lowest BCUT2D eigenvalue weighted by Crippen LogP contribution is -2.43. The van der Waals surface area contributed by atoms with Gasteiger partial charge < -0.3 is 20.3 Å². The normalized spacial score (nSPS) is 16.1. The minimum atomic E-state index is 0.431. The Morgan fingerprint density at radius 2 is 2.04 bits per heavy atom. The van der Waals surface area contributed by atoms with Crippen LogP contribution in [-0.4, -0.2) is 81.8 Å². The van der Waals surface area contributed by atoms with Gasteiger partial charge in [-0.3, -0.25) is 9.89 Å². The van der Waals surface area contributed by atoms with Crippen molar-refractivity contribution in [3.05, 3.63) is 35.4 Å². The molecule has 0 radical (unpaired) electrons. The number of nitrogens with one attached hydrogen (secondary N) is 2. The first kappa shape index (κ1) is 22.7. The van der Waals surface area contributed by atoms with Gasteiger partial charge in [0, 0.05) is 59.0 Å². The van der Waals surface area contributed by atoms with Crippen LogP contribution in [0, 0.1) is 0 Å². The highest BCUT2D eigenvalue weighted by atomic mass is 16.5. The molecule has 1 aliphatic rings. The predicted octanol–water partition coefficient (Wildman–Crippen LogP) is 1.96. The fraction of sp³-hybridized carbons (Fsp3) is 0.682. The molecule has 0 saturated heterocycles. The maximum atomic E-state index is 5.12. The van der Waals surface area contributed by atoms with E-state index in [0.717, 1.165) is 71.2 Å². The number of fused-ring (bicyclic) bond motifs is 1. The van der Waals surface area contributed by atoms with E-state index in [2.05, 4.69) is 65.6 Å². The third-order valence-electron chi connectivity index (χ3n) is 5.32. The van der Waals surface area contributed by atoms with Crippen LogP contribution in [-0.2, 0) is 17.7 Å². The Hall–Kier alpha value is -1.63. The Labute approximate surface area is 171 Å². The van der Waals surface area contributed by atoms with Crippen LogP contribution in [0.15, 0.2) is 29.3 Å². The summed E-state index contributed by atoms with van der Waals surface area (Å²) >= 11 is 0. The van der Waals surface area contributed by atoms with Crippen molar-refractivity contribution in [2.24, 2.45) is 4.99 Å². The molecule has 0 aliphatic carbocycles. The average Bonchev–Trinajstić information content (AvgIpc) is 2.71. The molecule has 0 aromatic heterocycles. The first-order valence-corrected chi connectivity index (χ1v) is 10.6. The van der Waals surface area contributed by atoms with Gasteiger partial charge in [-0.2, -0.15) is 0 Å². The largest absolute Gasteiger partial charge is 0.385 e. The smallest absolute Gasteiger partial charge is 0.191 e. The SMILES string of the molecule is CCNC(=NCC(C)N1CCc2ccccc2C1)NCCN(C)CCCOC. The zero-order valence-electron chi connectivity index (χ0n) is 18.2. The molecule has 6 heteroatoms. The van der Waals surface area contributed by atoms with Gasteiger partial charge in [-0.1, -0.05) is 24.3 Å². The van der Waals surface area contributed by atoms with Gasteiger partial charge in [0.25, 0.3) is 0 Å². The third-order valence-corrected chi connectivity index (χ3v) is 5.32. The Kier molecular flexibility index (Phi) is 10.3. The van der Waals surface area contributed by atoms with E-state index in [0.29, 0.717) is 6.04 Å². The minimum absolute atomic E-state index is 0.431. The molecule has 6 nitrogen and oxygen atoms in total. The van der Waals surface area contributed by atoms with E-state index in [-0.39, 0.29) is 0 Å². The van der Waals surface area contributed by atoms with Gasteiger partial charge in [-0.15, -0.1) is 0 Å². The van der Waals surface area contributed by atoms with Gasteiger partial charge in [0.2, 0.25) is 0 Å². The molecular weight excluding hydrogens is 350 g/mol. The third kappa shape index (κ3) is 7.78. The summed E-state index contributed by atoms with van der Waals surface area (Å²) < 4.78 is 5.12. The summed E-state index contributed by atoms with van der Waals surface area (Å²) in [5.41, 5.74) is 2.96. The van der Waals surface area contributed by atoms with Crippen LogP contribution in [0.3, 0.4) is 0 Å². The number of benzene rings is 1. The highest BCUT2D eigenvalue weighted by Crippen LogP contribution is 2.20. The molecule has 1 aliphatic heterocycles. The van der Waals surface area contributed by atoms with Crippen molar-refractivity contribution in [3.63, 3.8) is 0 Å². The maximum absolute atomic E-state index is 5.12. The van der Waals surface area contributed by atoms with Crippen molar-refractivity contribution in [2.45, 2.75) is 39.3 Å². The number of likely N-dealkylation sites (N-methyl/N-ethyl adjacent to an activating group) is 1. The Morgan fingerprint density at radius 1 is 1.25 bits per heavy atom. The van der Waals surface area contributed by atoms with Crippen LogP contribution in [0.25, 0.3) is 0 Å². The van der Waals surface area contributed by atoms with Crippen LogP contribution >= 0.6 is 0 Å². The number of rotatable bonds is 11. The van der Waals surface area contributed by atoms with Gasteiger partial charge in [0.1, 0.15) is 0 Å². The molecule has 2 N–H and O–H groups in total. The standard InChI is InChI=1S/C22H39N5O/c1-5-23-22(24-12-15-26(3)13-8-16-28-4)25-17-19(2)27-14-11-20-9-6-7-10-21(20)18-27/h6-7,9-10,19H,5,8,11-18H2,1-4H3,(H2,23,24,25). The van der Waals surface area contributed by atoms with Crippen molar-refractivity contribution in [2.75, 3.05) is 60.0 Å². The number of methoxy groups -OCH3 is 1. The van der Waals surface area contributed by atoms with Crippen LogP contribution in [0.2, 0.25) is 0 Å². The summed E-state index contributed by atoms with van der Waals surface area (Å²) in [6, 6.07) is 9.23. The van der Waals surface area contributed by atoms with E-state index >= 15 is 0 Å². The van der Waals surface area contributed by atoms with Crippen LogP contribution in [0.1, 0.15) is 31.4 Å². The second kappa shape index (κ2) is 12.8. The molecular formula is C22H39N5O. The summed E-state index contributed by atoms with van der Waals surface area (Å²) in [6.07, 6.45) is 2.20. The lowest BCUT2D eigenvalue weighted by atomic mass is 9.99. The number of hydrogen-bond donors (Lipinski definition) is 2. The number of ether oxygens (including phenoxy) is 1. The molecule has 1 atom stereocenters. The summed E-state index contributed by atoms with van der Waals surface area (Å²) in [7, 11) is 3.90. The van der Waals surface area contributed by atoms with Crippen LogP contribution < -0.4 is 10.6 Å². The van der Waals surface area contributed by atoms with Gasteiger partial charge in [0.15, 0.2) is 5.96 Å². The fourth-order valence-corrected chi connectivity index (χ4v) is 3.53. The van der Waals surface area contributed by atoms with E-state index in [1.807, 2.05) is 0 Å². The first-order valence-electron chi connectivity index (χ1n) is 10.6. The van der Waals surface area contributed by atoms with E-state index in [4.69, 9.17) is 9.73 Å².